The summed E-state index contributed by atoms with van der Waals surface area (Å²) < 4.78 is 27.2. The Morgan fingerprint density at radius 3 is 2.16 bits per heavy atom. The van der Waals surface area contributed by atoms with E-state index in [1.807, 2.05) is 54.6 Å². The van der Waals surface area contributed by atoms with Crippen LogP contribution in [0.1, 0.15) is 15.9 Å². The molecule has 0 aliphatic rings. The van der Waals surface area contributed by atoms with E-state index in [2.05, 4.69) is 15.2 Å². The van der Waals surface area contributed by atoms with Gasteiger partial charge in [0.1, 0.15) is 4.21 Å². The average molecular weight is 462 g/mol. The van der Waals surface area contributed by atoms with Crippen molar-refractivity contribution in [1.29, 1.82) is 0 Å². The van der Waals surface area contributed by atoms with Gasteiger partial charge in [0.2, 0.25) is 0 Å². The summed E-state index contributed by atoms with van der Waals surface area (Å²) in [6.45, 7) is 0. The molecule has 0 radical (unpaired) electrons. The maximum absolute atomic E-state index is 12.3. The minimum atomic E-state index is -3.62. The van der Waals surface area contributed by atoms with Crippen molar-refractivity contribution in [3.05, 3.63) is 108 Å². The number of amides is 1. The summed E-state index contributed by atoms with van der Waals surface area (Å²) in [5.74, 6) is -0.394. The second kappa shape index (κ2) is 9.59. The Morgan fingerprint density at radius 1 is 0.812 bits per heavy atom. The average Bonchev–Trinajstić information content (AvgIpc) is 3.37. The molecule has 4 aromatic rings. The summed E-state index contributed by atoms with van der Waals surface area (Å²) in [6, 6.07) is 27.2. The van der Waals surface area contributed by atoms with Crippen LogP contribution in [0, 0.1) is 0 Å². The standard InChI is InChI=1S/C24H19N3O3S2/c28-24(21-12-14-22(15-13-21)27-32(29,30)23-7-4-16-31-23)26-25-17-18-8-10-20(11-9-18)19-5-2-1-3-6-19/h1-17,27H,(H,26,28). The van der Waals surface area contributed by atoms with Crippen molar-refractivity contribution in [2.24, 2.45) is 5.10 Å². The first-order valence-corrected chi connectivity index (χ1v) is 12.0. The Bertz CT molecular complexity index is 1320. The molecule has 0 atom stereocenters. The molecule has 32 heavy (non-hydrogen) atoms. The molecule has 4 rings (SSSR count). The number of sulfonamides is 1. The molecule has 0 saturated carbocycles. The van der Waals surface area contributed by atoms with E-state index in [1.54, 1.807) is 17.7 Å². The summed E-state index contributed by atoms with van der Waals surface area (Å²) >= 11 is 1.13. The molecule has 6 nitrogen and oxygen atoms in total. The topological polar surface area (TPSA) is 87.6 Å². The van der Waals surface area contributed by atoms with Gasteiger partial charge < -0.3 is 0 Å². The van der Waals surface area contributed by atoms with E-state index in [0.29, 0.717) is 11.3 Å². The number of hydrogen-bond donors (Lipinski definition) is 2. The van der Waals surface area contributed by atoms with E-state index in [4.69, 9.17) is 0 Å². The molecule has 3 aromatic carbocycles. The first kappa shape index (κ1) is 21.5. The molecule has 0 aliphatic carbocycles. The molecule has 0 saturated heterocycles. The van der Waals surface area contributed by atoms with Gasteiger partial charge in [-0.15, -0.1) is 11.3 Å². The van der Waals surface area contributed by atoms with E-state index in [-0.39, 0.29) is 4.21 Å². The maximum atomic E-state index is 12.3. The molecule has 1 aromatic heterocycles. The number of nitrogens with zero attached hydrogens (tertiary/aromatic N) is 1. The number of anilines is 1. The molecule has 1 heterocycles. The second-order valence-corrected chi connectivity index (χ2v) is 9.66. The van der Waals surface area contributed by atoms with Crippen LogP contribution in [0.5, 0.6) is 0 Å². The van der Waals surface area contributed by atoms with Crippen LogP contribution in [0.25, 0.3) is 11.1 Å². The number of carbonyl (C=O) groups excluding carboxylic acids is 1. The van der Waals surface area contributed by atoms with E-state index in [1.165, 1.54) is 30.3 Å². The molecule has 160 valence electrons. The molecule has 0 spiro atoms. The van der Waals surface area contributed by atoms with Gasteiger partial charge in [0.05, 0.1) is 6.21 Å². The van der Waals surface area contributed by atoms with Crippen molar-refractivity contribution in [2.45, 2.75) is 4.21 Å². The van der Waals surface area contributed by atoms with Gasteiger partial charge in [-0.05, 0) is 52.4 Å². The number of rotatable bonds is 7. The van der Waals surface area contributed by atoms with Gasteiger partial charge in [0, 0.05) is 11.3 Å². The Kier molecular flexibility index (Phi) is 6.44. The zero-order chi connectivity index (χ0) is 22.4. The monoisotopic (exact) mass is 461 g/mol. The third-order valence-corrected chi connectivity index (χ3v) is 7.34. The van der Waals surface area contributed by atoms with Gasteiger partial charge >= 0.3 is 0 Å². The maximum Gasteiger partial charge on any atom is 0.271 e. The molecule has 2 N–H and O–H groups in total. The summed E-state index contributed by atoms with van der Waals surface area (Å²) in [7, 11) is -3.62. The number of hydrazone groups is 1. The van der Waals surface area contributed by atoms with Crippen LogP contribution < -0.4 is 10.1 Å². The van der Waals surface area contributed by atoms with Crippen molar-refractivity contribution in [2.75, 3.05) is 4.72 Å². The van der Waals surface area contributed by atoms with Crippen LogP contribution in [0.3, 0.4) is 0 Å². The minimum absolute atomic E-state index is 0.227. The molecule has 0 aliphatic heterocycles. The highest BCUT2D eigenvalue weighted by atomic mass is 32.2. The molecule has 0 bridgehead atoms. The molecule has 0 unspecified atom stereocenters. The van der Waals surface area contributed by atoms with Crippen LogP contribution in [0.4, 0.5) is 5.69 Å². The highest BCUT2D eigenvalue weighted by molar-refractivity contribution is 7.94. The predicted octanol–water partition coefficient (Wildman–Crippen LogP) is 4.98. The Morgan fingerprint density at radius 2 is 1.50 bits per heavy atom. The molecule has 8 heteroatoms. The summed E-state index contributed by atoms with van der Waals surface area (Å²) in [6.07, 6.45) is 1.57. The van der Waals surface area contributed by atoms with Gasteiger partial charge in [-0.3, -0.25) is 9.52 Å². The van der Waals surface area contributed by atoms with E-state index in [0.717, 1.165) is 28.0 Å². The molecule has 1 amide bonds. The van der Waals surface area contributed by atoms with Crippen LogP contribution in [-0.2, 0) is 10.0 Å². The normalized spacial score (nSPS) is 11.4. The van der Waals surface area contributed by atoms with Crippen molar-refractivity contribution in [3.63, 3.8) is 0 Å². The van der Waals surface area contributed by atoms with Gasteiger partial charge in [-0.2, -0.15) is 5.10 Å². The number of benzene rings is 3. The molecule has 0 fully saturated rings. The minimum Gasteiger partial charge on any atom is -0.279 e. The van der Waals surface area contributed by atoms with Crippen molar-refractivity contribution >= 4 is 39.2 Å². The first-order valence-electron chi connectivity index (χ1n) is 9.66. The fourth-order valence-corrected chi connectivity index (χ4v) is 4.99. The van der Waals surface area contributed by atoms with E-state index in [9.17, 15) is 13.2 Å². The lowest BCUT2D eigenvalue weighted by Crippen LogP contribution is -2.17. The number of hydrogen-bond acceptors (Lipinski definition) is 5. The van der Waals surface area contributed by atoms with Crippen LogP contribution in [0.15, 0.2) is 106 Å². The SMILES string of the molecule is O=C(NN=Cc1ccc(-c2ccccc2)cc1)c1ccc(NS(=O)(=O)c2cccs2)cc1. The van der Waals surface area contributed by atoms with Crippen LogP contribution in [0.2, 0.25) is 0 Å². The highest BCUT2D eigenvalue weighted by Gasteiger charge is 2.15. The van der Waals surface area contributed by atoms with Crippen molar-refractivity contribution in [1.82, 2.24) is 5.43 Å². The zero-order valence-electron chi connectivity index (χ0n) is 16.8. The van der Waals surface area contributed by atoms with Gasteiger partial charge in [-0.25, -0.2) is 13.8 Å². The largest absolute Gasteiger partial charge is 0.279 e. The first-order chi connectivity index (χ1) is 15.5. The Balaban J connectivity index is 1.34. The van der Waals surface area contributed by atoms with Gasteiger partial charge in [0.25, 0.3) is 15.9 Å². The Labute approximate surface area is 190 Å². The molecular weight excluding hydrogens is 442 g/mol. The third kappa shape index (κ3) is 5.29. The lowest BCUT2D eigenvalue weighted by Gasteiger charge is -2.07. The van der Waals surface area contributed by atoms with Crippen LogP contribution >= 0.6 is 11.3 Å². The van der Waals surface area contributed by atoms with E-state index < -0.39 is 15.9 Å². The van der Waals surface area contributed by atoms with Crippen molar-refractivity contribution < 1.29 is 13.2 Å². The summed E-state index contributed by atoms with van der Waals surface area (Å²) in [5.41, 5.74) is 6.29. The number of carbonyl (C=O) groups is 1. The Hall–Kier alpha value is -3.75. The third-order valence-electron chi connectivity index (χ3n) is 4.56. The quantitative estimate of drug-likeness (QED) is 0.301. The lowest BCUT2D eigenvalue weighted by molar-refractivity contribution is 0.0955. The molecular formula is C24H19N3O3S2. The van der Waals surface area contributed by atoms with Crippen molar-refractivity contribution in [3.8, 4) is 11.1 Å². The number of nitrogens with one attached hydrogen (secondary N) is 2. The second-order valence-electron chi connectivity index (χ2n) is 6.80. The smallest absolute Gasteiger partial charge is 0.271 e. The van der Waals surface area contributed by atoms with Crippen LogP contribution in [-0.4, -0.2) is 20.5 Å². The van der Waals surface area contributed by atoms with Gasteiger partial charge in [-0.1, -0.05) is 60.7 Å². The highest BCUT2D eigenvalue weighted by Crippen LogP contribution is 2.21. The lowest BCUT2D eigenvalue weighted by atomic mass is 10.0. The summed E-state index contributed by atoms with van der Waals surface area (Å²) in [4.78, 5) is 12.3. The van der Waals surface area contributed by atoms with Gasteiger partial charge in [0.15, 0.2) is 0 Å². The predicted molar refractivity (Wildman–Crippen MR) is 129 cm³/mol. The fraction of sp³-hybridized carbons (Fsp3) is 0. The fourth-order valence-electron chi connectivity index (χ4n) is 2.93. The number of thiophene rings is 1. The zero-order valence-corrected chi connectivity index (χ0v) is 18.4. The summed E-state index contributed by atoms with van der Waals surface area (Å²) in [5, 5.41) is 5.70. The van der Waals surface area contributed by atoms with E-state index >= 15 is 0 Å².